The van der Waals surface area contributed by atoms with Gasteiger partial charge in [-0.3, -0.25) is 0 Å². The lowest BCUT2D eigenvalue weighted by Crippen LogP contribution is -2.43. The topological polar surface area (TPSA) is 110 Å². The van der Waals surface area contributed by atoms with E-state index >= 15 is 0 Å². The van der Waals surface area contributed by atoms with E-state index in [1.807, 2.05) is 0 Å². The maximum atomic E-state index is 12.1. The number of rotatable bonds is 5. The number of hydrogen-bond acceptors (Lipinski definition) is 6. The van der Waals surface area contributed by atoms with Crippen LogP contribution in [0.3, 0.4) is 0 Å². The Bertz CT molecular complexity index is 703. The standard InChI is InChI=1S/C12H17NO6S2/c1-20(15,16)10-2-4-11(5-3-10)21(17,18)13-8-12(14)6-7-19-9-12/h2-5,13-14H,6-9H2,1H3. The van der Waals surface area contributed by atoms with E-state index in [1.54, 1.807) is 0 Å². The van der Waals surface area contributed by atoms with Gasteiger partial charge in [-0.1, -0.05) is 0 Å². The Kier molecular flexibility index (Phi) is 4.41. The number of benzene rings is 1. The van der Waals surface area contributed by atoms with Gasteiger partial charge in [0.05, 0.1) is 16.4 Å². The number of hydrogen-bond donors (Lipinski definition) is 2. The zero-order valence-corrected chi connectivity index (χ0v) is 13.1. The average Bonchev–Trinajstić information content (AvgIpc) is 2.84. The van der Waals surface area contributed by atoms with Crippen LogP contribution in [0.2, 0.25) is 0 Å². The molecule has 1 unspecified atom stereocenters. The van der Waals surface area contributed by atoms with Crippen LogP contribution in [0, 0.1) is 0 Å². The summed E-state index contributed by atoms with van der Waals surface area (Å²) in [5.41, 5.74) is -1.19. The van der Waals surface area contributed by atoms with Crippen LogP contribution in [-0.2, 0) is 24.6 Å². The van der Waals surface area contributed by atoms with Crippen molar-refractivity contribution >= 4 is 19.9 Å². The lowest BCUT2D eigenvalue weighted by atomic mass is 10.1. The van der Waals surface area contributed by atoms with Crippen LogP contribution < -0.4 is 4.72 Å². The Balaban J connectivity index is 2.12. The number of nitrogens with one attached hydrogen (secondary N) is 1. The zero-order valence-electron chi connectivity index (χ0n) is 11.4. The molecule has 0 bridgehead atoms. The second kappa shape index (κ2) is 5.65. The van der Waals surface area contributed by atoms with Gasteiger partial charge < -0.3 is 9.84 Å². The molecule has 1 saturated heterocycles. The first kappa shape index (κ1) is 16.4. The second-order valence-corrected chi connectivity index (χ2v) is 8.88. The summed E-state index contributed by atoms with van der Waals surface area (Å²) in [7, 11) is -7.18. The van der Waals surface area contributed by atoms with Gasteiger partial charge in [0.2, 0.25) is 10.0 Å². The molecule has 118 valence electrons. The van der Waals surface area contributed by atoms with E-state index in [2.05, 4.69) is 4.72 Å². The van der Waals surface area contributed by atoms with E-state index in [9.17, 15) is 21.9 Å². The van der Waals surface area contributed by atoms with Gasteiger partial charge in [-0.05, 0) is 24.3 Å². The Morgan fingerprint density at radius 3 is 2.24 bits per heavy atom. The van der Waals surface area contributed by atoms with Crippen molar-refractivity contribution in [3.63, 3.8) is 0 Å². The minimum Gasteiger partial charge on any atom is -0.386 e. The molecule has 0 spiro atoms. The van der Waals surface area contributed by atoms with Gasteiger partial charge >= 0.3 is 0 Å². The fourth-order valence-electron chi connectivity index (χ4n) is 1.91. The molecule has 1 aliphatic heterocycles. The molecule has 1 aromatic carbocycles. The molecule has 0 amide bonds. The Morgan fingerprint density at radius 2 is 1.76 bits per heavy atom. The lowest BCUT2D eigenvalue weighted by molar-refractivity contribution is 0.0314. The summed E-state index contributed by atoms with van der Waals surface area (Å²) in [6, 6.07) is 4.90. The zero-order chi connectivity index (χ0) is 15.7. The van der Waals surface area contributed by atoms with Gasteiger partial charge in [0, 0.05) is 25.8 Å². The average molecular weight is 335 g/mol. The molecule has 0 aromatic heterocycles. The van der Waals surface area contributed by atoms with Gasteiger partial charge in [-0.15, -0.1) is 0 Å². The quantitative estimate of drug-likeness (QED) is 0.752. The molecule has 7 nitrogen and oxygen atoms in total. The molecular weight excluding hydrogens is 318 g/mol. The predicted molar refractivity (Wildman–Crippen MR) is 75.1 cm³/mol. The summed E-state index contributed by atoms with van der Waals surface area (Å²) >= 11 is 0. The number of aliphatic hydroxyl groups is 1. The molecule has 1 atom stereocenters. The fourth-order valence-corrected chi connectivity index (χ4v) is 3.66. The van der Waals surface area contributed by atoms with Crippen LogP contribution in [0.1, 0.15) is 6.42 Å². The highest BCUT2D eigenvalue weighted by Crippen LogP contribution is 2.19. The summed E-state index contributed by atoms with van der Waals surface area (Å²) in [6.07, 6.45) is 1.41. The summed E-state index contributed by atoms with van der Waals surface area (Å²) < 4.78 is 54.1. The highest BCUT2D eigenvalue weighted by molar-refractivity contribution is 7.90. The molecule has 0 aliphatic carbocycles. The largest absolute Gasteiger partial charge is 0.386 e. The Morgan fingerprint density at radius 1 is 1.19 bits per heavy atom. The van der Waals surface area contributed by atoms with Gasteiger partial charge in [-0.25, -0.2) is 21.6 Å². The molecule has 1 aromatic rings. The van der Waals surface area contributed by atoms with E-state index < -0.39 is 25.5 Å². The first-order valence-corrected chi connectivity index (χ1v) is 9.60. The van der Waals surface area contributed by atoms with Gasteiger partial charge in [0.15, 0.2) is 9.84 Å². The molecule has 1 fully saturated rings. The van der Waals surface area contributed by atoms with E-state index in [4.69, 9.17) is 4.74 Å². The molecule has 1 aliphatic rings. The lowest BCUT2D eigenvalue weighted by Gasteiger charge is -2.20. The van der Waals surface area contributed by atoms with Crippen molar-refractivity contribution in [2.45, 2.75) is 21.8 Å². The van der Waals surface area contributed by atoms with Crippen molar-refractivity contribution in [3.8, 4) is 0 Å². The van der Waals surface area contributed by atoms with E-state index in [-0.39, 0.29) is 22.9 Å². The van der Waals surface area contributed by atoms with E-state index in [1.165, 1.54) is 24.3 Å². The van der Waals surface area contributed by atoms with Gasteiger partial charge in [0.25, 0.3) is 0 Å². The van der Waals surface area contributed by atoms with E-state index in [0.29, 0.717) is 13.0 Å². The normalized spacial score (nSPS) is 23.3. The molecule has 21 heavy (non-hydrogen) atoms. The molecule has 1 heterocycles. The Labute approximate surface area is 123 Å². The van der Waals surface area contributed by atoms with Crippen molar-refractivity contribution in [1.82, 2.24) is 4.72 Å². The summed E-state index contributed by atoms with van der Waals surface area (Å²) in [5.74, 6) is 0. The fraction of sp³-hybridized carbons (Fsp3) is 0.500. The molecule has 9 heteroatoms. The molecular formula is C12H17NO6S2. The minimum atomic E-state index is -3.81. The van der Waals surface area contributed by atoms with Crippen LogP contribution in [0.4, 0.5) is 0 Å². The van der Waals surface area contributed by atoms with Crippen LogP contribution >= 0.6 is 0 Å². The first-order valence-electron chi connectivity index (χ1n) is 6.22. The third-order valence-electron chi connectivity index (χ3n) is 3.24. The maximum absolute atomic E-state index is 12.1. The van der Waals surface area contributed by atoms with Gasteiger partial charge in [0.1, 0.15) is 5.60 Å². The molecule has 0 radical (unpaired) electrons. The highest BCUT2D eigenvalue weighted by Gasteiger charge is 2.33. The maximum Gasteiger partial charge on any atom is 0.240 e. The Hall–Kier alpha value is -1.00. The van der Waals surface area contributed by atoms with Crippen molar-refractivity contribution in [2.24, 2.45) is 0 Å². The molecule has 2 N–H and O–H groups in total. The highest BCUT2D eigenvalue weighted by atomic mass is 32.2. The minimum absolute atomic E-state index is 0.0456. The van der Waals surface area contributed by atoms with E-state index in [0.717, 1.165) is 6.26 Å². The summed E-state index contributed by atoms with van der Waals surface area (Å²) in [6.45, 7) is 0.326. The van der Waals surface area contributed by atoms with Crippen molar-refractivity contribution in [1.29, 1.82) is 0 Å². The van der Waals surface area contributed by atoms with Crippen LogP contribution in [0.5, 0.6) is 0 Å². The van der Waals surface area contributed by atoms with Crippen LogP contribution in [0.15, 0.2) is 34.1 Å². The third kappa shape index (κ3) is 4.01. The van der Waals surface area contributed by atoms with Crippen molar-refractivity contribution < 1.29 is 26.7 Å². The summed E-state index contributed by atoms with van der Waals surface area (Å²) in [5, 5.41) is 10.0. The van der Waals surface area contributed by atoms with Gasteiger partial charge in [-0.2, -0.15) is 0 Å². The van der Waals surface area contributed by atoms with Crippen LogP contribution in [-0.4, -0.2) is 53.6 Å². The molecule has 0 saturated carbocycles. The first-order chi connectivity index (χ1) is 9.62. The number of sulfone groups is 1. The monoisotopic (exact) mass is 335 g/mol. The predicted octanol–water partition coefficient (Wildman–Crippen LogP) is -0.480. The number of sulfonamides is 1. The van der Waals surface area contributed by atoms with Crippen molar-refractivity contribution in [2.75, 3.05) is 26.0 Å². The number of ether oxygens (including phenoxy) is 1. The second-order valence-electron chi connectivity index (χ2n) is 5.10. The van der Waals surface area contributed by atoms with Crippen LogP contribution in [0.25, 0.3) is 0 Å². The molecule has 2 rings (SSSR count). The SMILES string of the molecule is CS(=O)(=O)c1ccc(S(=O)(=O)NCC2(O)CCOC2)cc1. The summed E-state index contributed by atoms with van der Waals surface area (Å²) in [4.78, 5) is -0.0123. The van der Waals surface area contributed by atoms with Crippen molar-refractivity contribution in [3.05, 3.63) is 24.3 Å². The third-order valence-corrected chi connectivity index (χ3v) is 5.78. The smallest absolute Gasteiger partial charge is 0.240 e.